The summed E-state index contributed by atoms with van der Waals surface area (Å²) in [6, 6.07) is -11.5. The normalized spacial score (nSPS) is 26.8. The van der Waals surface area contributed by atoms with Crippen LogP contribution in [0.25, 0.3) is 0 Å². The molecule has 23 heteroatoms. The van der Waals surface area contributed by atoms with E-state index in [0.717, 1.165) is 9.80 Å². The lowest BCUT2D eigenvalue weighted by Crippen LogP contribution is -2.61. The highest BCUT2D eigenvalue weighted by Gasteiger charge is 2.41. The Labute approximate surface area is 483 Å². The van der Waals surface area contributed by atoms with Gasteiger partial charge in [0.25, 0.3) is 0 Å². The number of hydrogen-bond donors (Lipinski definition) is 6. The summed E-state index contributed by atoms with van der Waals surface area (Å²) in [5, 5.41) is 24.6. The minimum absolute atomic E-state index is 0.0896. The van der Waals surface area contributed by atoms with Crippen molar-refractivity contribution in [3.8, 4) is 0 Å². The van der Waals surface area contributed by atoms with E-state index in [4.69, 9.17) is 0 Å². The number of rotatable bonds is 13. The van der Waals surface area contributed by atoms with Crippen LogP contribution in [-0.4, -0.2) is 215 Å². The number of likely N-dealkylation sites (N-methyl/N-ethyl adjacent to an activating group) is 6. The van der Waals surface area contributed by atoms with Gasteiger partial charge in [-0.05, 0) is 87.4 Å². The summed E-state index contributed by atoms with van der Waals surface area (Å²) in [7, 11) is 8.43. The zero-order valence-electron chi connectivity index (χ0n) is 53.1. The molecule has 464 valence electrons. The number of carbonyl (C=O) groups excluding carboxylic acids is 11. The minimum Gasteiger partial charge on any atom is -0.394 e. The second-order valence-electron chi connectivity index (χ2n) is 25.3. The van der Waals surface area contributed by atoms with Gasteiger partial charge >= 0.3 is 0 Å². The molecule has 1 heterocycles. The highest BCUT2D eigenvalue weighted by atomic mass is 16.3. The molecule has 81 heavy (non-hydrogen) atoms. The molecular formula is C58H105N11O12. The van der Waals surface area contributed by atoms with Gasteiger partial charge in [0.1, 0.15) is 54.4 Å². The number of aliphatic hydroxyl groups excluding tert-OH is 1. The molecule has 0 aromatic carbocycles. The molecule has 1 aliphatic heterocycles. The first-order valence-corrected chi connectivity index (χ1v) is 29.0. The van der Waals surface area contributed by atoms with Crippen molar-refractivity contribution in [2.24, 2.45) is 41.4 Å². The predicted octanol–water partition coefficient (Wildman–Crippen LogP) is 1.98. The zero-order valence-corrected chi connectivity index (χ0v) is 53.1. The molecule has 1 unspecified atom stereocenters. The lowest BCUT2D eigenvalue weighted by molar-refractivity contribution is -0.150. The minimum atomic E-state index is -1.52. The molecule has 1 fully saturated rings. The molecule has 0 aromatic heterocycles. The molecule has 0 radical (unpaired) electrons. The molecule has 23 nitrogen and oxygen atoms in total. The quantitative estimate of drug-likeness (QED) is 0.155. The molecule has 0 bridgehead atoms. The Kier molecular flexibility index (Phi) is 30.1. The van der Waals surface area contributed by atoms with Crippen LogP contribution in [0.15, 0.2) is 0 Å². The first-order valence-electron chi connectivity index (χ1n) is 29.0. The Morgan fingerprint density at radius 2 is 0.753 bits per heavy atom. The van der Waals surface area contributed by atoms with Crippen molar-refractivity contribution in [3.05, 3.63) is 0 Å². The van der Waals surface area contributed by atoms with Crippen LogP contribution in [0.5, 0.6) is 0 Å². The molecular weight excluding hydrogens is 1040 g/mol. The van der Waals surface area contributed by atoms with Gasteiger partial charge in [-0.3, -0.25) is 52.7 Å². The van der Waals surface area contributed by atoms with Crippen molar-refractivity contribution in [3.63, 3.8) is 0 Å². The van der Waals surface area contributed by atoms with Gasteiger partial charge in [0.15, 0.2) is 0 Å². The van der Waals surface area contributed by atoms with Crippen LogP contribution < -0.4 is 26.6 Å². The number of amides is 11. The van der Waals surface area contributed by atoms with Crippen LogP contribution in [0.1, 0.15) is 149 Å². The molecule has 1 aliphatic rings. The fourth-order valence-electron chi connectivity index (χ4n) is 9.78. The van der Waals surface area contributed by atoms with E-state index < -0.39 is 150 Å². The van der Waals surface area contributed by atoms with E-state index in [1.165, 1.54) is 68.8 Å². The van der Waals surface area contributed by atoms with E-state index in [0.29, 0.717) is 0 Å². The van der Waals surface area contributed by atoms with Crippen molar-refractivity contribution in [1.82, 2.24) is 56.0 Å². The van der Waals surface area contributed by atoms with Gasteiger partial charge in [0.2, 0.25) is 65.0 Å². The molecule has 1 rings (SSSR count). The number of carbonyl (C=O) groups is 11. The third-order valence-electron chi connectivity index (χ3n) is 14.8. The van der Waals surface area contributed by atoms with Crippen LogP contribution in [0.2, 0.25) is 0 Å². The third kappa shape index (κ3) is 22.1. The topological polar surface area (TPSA) is 288 Å². The fraction of sp³-hybridized carbons (Fsp3) is 0.810. The molecule has 1 saturated heterocycles. The molecule has 6 N–H and O–H groups in total. The van der Waals surface area contributed by atoms with Gasteiger partial charge < -0.3 is 61.1 Å². The van der Waals surface area contributed by atoms with Gasteiger partial charge in [-0.25, -0.2) is 0 Å². The van der Waals surface area contributed by atoms with Crippen LogP contribution in [0.4, 0.5) is 0 Å². The molecule has 0 spiro atoms. The Balaban J connectivity index is 4.10. The maximum absolute atomic E-state index is 14.6. The standard InChI is InChI=1S/C58H105N11O12/c1-31(2)23-40-50(73)60-39(16)55(78)67(20)42(25-33(5)6)51(74)59-38(15)28-46(71)66(19)44(27-35(9)10)56(79)69(22)45(30-70)54(77)62-48(36(11)12)57(80)64(17)29-47(72)65(18)41(24-32(3)4)53(76)63-49(37(13)14)58(81)68(21)43(26-34(7)8)52(75)61-40/h31-45,48-49,70H,23-30H2,1-22H3,(H,59,74)(H,60,73)(H,61,75)(H,62,77)(H,63,76)/t38-,39?,40-,41-,42-,43-,44-,45-,48-,49-/m0/s1. The lowest BCUT2D eigenvalue weighted by atomic mass is 9.96. The summed E-state index contributed by atoms with van der Waals surface area (Å²) >= 11 is 0. The molecule has 0 saturated carbocycles. The van der Waals surface area contributed by atoms with Crippen molar-refractivity contribution >= 4 is 65.0 Å². The first-order chi connectivity index (χ1) is 37.3. The second-order valence-corrected chi connectivity index (χ2v) is 25.3. The monoisotopic (exact) mass is 1150 g/mol. The van der Waals surface area contributed by atoms with Gasteiger partial charge in [0.05, 0.1) is 13.2 Å². The van der Waals surface area contributed by atoms with Crippen molar-refractivity contribution in [2.45, 2.75) is 210 Å². The largest absolute Gasteiger partial charge is 0.394 e. The maximum atomic E-state index is 14.6. The SMILES string of the molecule is CC(C)C[C@@H]1NC(=O)[C@H](CC(C)C)N(C)C(=O)[C@H](C(C)C)NC(=O)[C@H](CC(C)C)N(C)C(=O)CN(C)C(=O)[C@H](C(C)C)NC(=O)[C@H](CO)N(C)C(=O)[C@H](CC(C)C)N(C)C(=O)C[C@H](C)NC(=O)[C@H](CC(C)C)N(C)C(=O)C(C)NC1=O. The van der Waals surface area contributed by atoms with E-state index in [2.05, 4.69) is 26.6 Å². The molecule has 11 amide bonds. The number of nitrogens with zero attached hydrogens (tertiary/aromatic N) is 6. The highest BCUT2D eigenvalue weighted by Crippen LogP contribution is 2.21. The number of hydrogen-bond acceptors (Lipinski definition) is 12. The van der Waals surface area contributed by atoms with Crippen LogP contribution in [0.3, 0.4) is 0 Å². The summed E-state index contributed by atoms with van der Waals surface area (Å²) < 4.78 is 0. The van der Waals surface area contributed by atoms with Crippen LogP contribution in [0, 0.1) is 41.4 Å². The van der Waals surface area contributed by atoms with Crippen molar-refractivity contribution in [2.75, 3.05) is 55.4 Å². The summed E-state index contributed by atoms with van der Waals surface area (Å²) in [6.45, 7) is 27.1. The highest BCUT2D eigenvalue weighted by molar-refractivity contribution is 5.98. The fourth-order valence-corrected chi connectivity index (χ4v) is 9.78. The maximum Gasteiger partial charge on any atom is 0.245 e. The Morgan fingerprint density at radius 3 is 1.19 bits per heavy atom. The second kappa shape index (κ2) is 33.3. The van der Waals surface area contributed by atoms with E-state index in [9.17, 15) is 57.8 Å². The molecule has 0 aromatic rings. The van der Waals surface area contributed by atoms with E-state index in [1.807, 2.05) is 69.2 Å². The Morgan fingerprint density at radius 1 is 0.395 bits per heavy atom. The third-order valence-corrected chi connectivity index (χ3v) is 14.8. The molecule has 10 atom stereocenters. The molecule has 0 aliphatic carbocycles. The smallest absolute Gasteiger partial charge is 0.245 e. The number of nitrogens with one attached hydrogen (secondary N) is 5. The van der Waals surface area contributed by atoms with E-state index >= 15 is 0 Å². The summed E-state index contributed by atoms with van der Waals surface area (Å²) in [5.41, 5.74) is 0. The van der Waals surface area contributed by atoms with Gasteiger partial charge in [-0.2, -0.15) is 0 Å². The Bertz CT molecular complexity index is 2170. The number of aliphatic hydroxyl groups is 1. The summed E-state index contributed by atoms with van der Waals surface area (Å²) in [5.74, 6) is -8.82. The van der Waals surface area contributed by atoms with E-state index in [1.54, 1.807) is 34.6 Å². The summed E-state index contributed by atoms with van der Waals surface area (Å²) in [4.78, 5) is 164. The zero-order chi connectivity index (χ0) is 62.8. The van der Waals surface area contributed by atoms with Gasteiger partial charge in [-0.1, -0.05) is 96.9 Å². The predicted molar refractivity (Wildman–Crippen MR) is 310 cm³/mol. The average molecular weight is 1150 g/mol. The van der Waals surface area contributed by atoms with Crippen molar-refractivity contribution < 1.29 is 57.8 Å². The van der Waals surface area contributed by atoms with Gasteiger partial charge in [-0.15, -0.1) is 0 Å². The van der Waals surface area contributed by atoms with Crippen LogP contribution in [-0.2, 0) is 52.7 Å². The lowest BCUT2D eigenvalue weighted by Gasteiger charge is -2.36. The summed E-state index contributed by atoms with van der Waals surface area (Å²) in [6.07, 6.45) is 0.581. The van der Waals surface area contributed by atoms with Crippen LogP contribution >= 0.6 is 0 Å². The average Bonchev–Trinajstić information content (AvgIpc) is 3.35. The first kappa shape index (κ1) is 73.1. The van der Waals surface area contributed by atoms with Gasteiger partial charge in [0, 0.05) is 54.7 Å². The van der Waals surface area contributed by atoms with Crippen molar-refractivity contribution in [1.29, 1.82) is 0 Å². The Hall–Kier alpha value is -5.87. The van der Waals surface area contributed by atoms with E-state index in [-0.39, 0.29) is 68.1 Å².